The zero-order chi connectivity index (χ0) is 21.8. The minimum atomic E-state index is -0.729. The first-order chi connectivity index (χ1) is 15.5. The van der Waals surface area contributed by atoms with Gasteiger partial charge in [-0.25, -0.2) is 14.4 Å². The van der Waals surface area contributed by atoms with E-state index in [0.29, 0.717) is 34.2 Å². The summed E-state index contributed by atoms with van der Waals surface area (Å²) in [7, 11) is 1.72. The highest BCUT2D eigenvalue weighted by molar-refractivity contribution is 5.89. The van der Waals surface area contributed by atoms with Crippen LogP contribution in [0.5, 0.6) is 5.75 Å². The van der Waals surface area contributed by atoms with Crippen molar-refractivity contribution in [3.63, 3.8) is 0 Å². The Bertz CT molecular complexity index is 1330. The van der Waals surface area contributed by atoms with Crippen LogP contribution < -0.4 is 10.2 Å². The van der Waals surface area contributed by atoms with Gasteiger partial charge in [0.15, 0.2) is 11.6 Å². The van der Waals surface area contributed by atoms with E-state index in [1.165, 1.54) is 23.9 Å². The predicted molar refractivity (Wildman–Crippen MR) is 122 cm³/mol. The summed E-state index contributed by atoms with van der Waals surface area (Å²) in [5.41, 5.74) is 2.49. The summed E-state index contributed by atoms with van der Waals surface area (Å²) < 4.78 is 16.2. The van der Waals surface area contributed by atoms with Crippen LogP contribution in [0, 0.1) is 5.82 Å². The van der Waals surface area contributed by atoms with Gasteiger partial charge in [0, 0.05) is 49.4 Å². The lowest BCUT2D eigenvalue weighted by molar-refractivity contribution is 0.311. The Hall–Kier alpha value is -3.26. The third-order valence-corrected chi connectivity index (χ3v) is 6.72. The van der Waals surface area contributed by atoms with E-state index in [-0.39, 0.29) is 5.52 Å². The average Bonchev–Trinajstić information content (AvgIpc) is 3.39. The predicted octanol–water partition coefficient (Wildman–Crippen LogP) is 3.75. The van der Waals surface area contributed by atoms with E-state index in [1.54, 1.807) is 25.4 Å². The van der Waals surface area contributed by atoms with E-state index >= 15 is 0 Å². The van der Waals surface area contributed by atoms with Gasteiger partial charge in [0.25, 0.3) is 0 Å². The van der Waals surface area contributed by atoms with Crippen LogP contribution in [0.25, 0.3) is 33.2 Å². The molecule has 0 spiro atoms. The average molecular weight is 433 g/mol. The summed E-state index contributed by atoms with van der Waals surface area (Å²) in [6, 6.07) is 10.5. The molecular weight excluding hydrogens is 407 g/mol. The van der Waals surface area contributed by atoms with Crippen LogP contribution in [0.2, 0.25) is 0 Å². The summed E-state index contributed by atoms with van der Waals surface area (Å²) in [4.78, 5) is 11.8. The maximum atomic E-state index is 14.7. The Morgan fingerprint density at radius 1 is 1.06 bits per heavy atom. The molecular formula is C24H25FN6O. The molecule has 1 saturated heterocycles. The molecule has 2 fully saturated rings. The minimum Gasteiger partial charge on any atom is -0.504 e. The van der Waals surface area contributed by atoms with Gasteiger partial charge in [-0.05, 0) is 49.6 Å². The standard InChI is InChI=1S/C24H25FN6O/c1-30-12-14-11-17(24(32)22(25)23(14)29-30)18-5-6-20-19(27-18)7-8-21(28-20)31-10-9-16(13-31)26-15-3-2-4-15/h5-8,11-12,15-16,26,32H,2-4,9-10,13H2,1H3/t16-/m1/s1. The quantitative estimate of drug-likeness (QED) is 0.511. The van der Waals surface area contributed by atoms with Crippen molar-refractivity contribution in [2.45, 2.75) is 37.8 Å². The second-order valence-electron chi connectivity index (χ2n) is 8.96. The summed E-state index contributed by atoms with van der Waals surface area (Å²) in [5.74, 6) is -0.210. The molecule has 2 N–H and O–H groups in total. The first kappa shape index (κ1) is 19.4. The summed E-state index contributed by atoms with van der Waals surface area (Å²) in [5, 5.41) is 18.9. The van der Waals surface area contributed by atoms with Gasteiger partial charge in [-0.2, -0.15) is 5.10 Å². The molecule has 8 heteroatoms. The fourth-order valence-electron chi connectivity index (χ4n) is 4.77. The number of aryl methyl sites for hydroxylation is 1. The minimum absolute atomic E-state index is 0.150. The number of benzene rings is 1. The number of hydrogen-bond donors (Lipinski definition) is 2. The first-order valence-electron chi connectivity index (χ1n) is 11.2. The van der Waals surface area contributed by atoms with Crippen molar-refractivity contribution in [2.75, 3.05) is 18.0 Å². The third-order valence-electron chi connectivity index (χ3n) is 6.72. The highest BCUT2D eigenvalue weighted by Crippen LogP contribution is 2.36. The first-order valence-corrected chi connectivity index (χ1v) is 11.2. The molecule has 0 radical (unpaired) electrons. The number of aromatic hydroxyl groups is 1. The lowest BCUT2D eigenvalue weighted by atomic mass is 9.92. The molecule has 0 amide bonds. The fourth-order valence-corrected chi connectivity index (χ4v) is 4.77. The Morgan fingerprint density at radius 2 is 1.88 bits per heavy atom. The van der Waals surface area contributed by atoms with Gasteiger partial charge in [-0.3, -0.25) is 4.68 Å². The molecule has 4 aromatic rings. The molecule has 3 aromatic heterocycles. The van der Waals surface area contributed by atoms with E-state index in [2.05, 4.69) is 20.3 Å². The Labute approximate surface area is 184 Å². The van der Waals surface area contributed by atoms with Gasteiger partial charge in [-0.1, -0.05) is 6.42 Å². The normalized spacial score (nSPS) is 19.2. The monoisotopic (exact) mass is 432 g/mol. The highest BCUT2D eigenvalue weighted by atomic mass is 19.1. The van der Waals surface area contributed by atoms with Crippen LogP contribution in [0.15, 0.2) is 36.5 Å². The van der Waals surface area contributed by atoms with Gasteiger partial charge in [0.05, 0.1) is 16.7 Å². The molecule has 1 aliphatic carbocycles. The number of phenols is 1. The second kappa shape index (κ2) is 7.41. The van der Waals surface area contributed by atoms with Crippen LogP contribution in [-0.4, -0.2) is 50.0 Å². The molecule has 1 aromatic carbocycles. The second-order valence-corrected chi connectivity index (χ2v) is 8.96. The molecule has 0 unspecified atom stereocenters. The van der Waals surface area contributed by atoms with Crippen LogP contribution in [0.3, 0.4) is 0 Å². The Balaban J connectivity index is 1.29. The third kappa shape index (κ3) is 3.26. The molecule has 1 saturated carbocycles. The number of halogens is 1. The van der Waals surface area contributed by atoms with Gasteiger partial charge in [-0.15, -0.1) is 0 Å². The highest BCUT2D eigenvalue weighted by Gasteiger charge is 2.27. The fraction of sp³-hybridized carbons (Fsp3) is 0.375. The smallest absolute Gasteiger partial charge is 0.193 e. The van der Waals surface area contributed by atoms with Crippen molar-refractivity contribution >= 4 is 27.8 Å². The van der Waals surface area contributed by atoms with Crippen LogP contribution in [0.1, 0.15) is 25.7 Å². The topological polar surface area (TPSA) is 79.1 Å². The van der Waals surface area contributed by atoms with Crippen molar-refractivity contribution in [1.29, 1.82) is 0 Å². The number of nitrogens with zero attached hydrogens (tertiary/aromatic N) is 5. The molecule has 1 aliphatic heterocycles. The van der Waals surface area contributed by atoms with E-state index in [4.69, 9.17) is 4.98 Å². The van der Waals surface area contributed by atoms with Crippen molar-refractivity contribution in [3.05, 3.63) is 42.3 Å². The molecule has 0 bridgehead atoms. The zero-order valence-electron chi connectivity index (χ0n) is 17.9. The van der Waals surface area contributed by atoms with Crippen molar-refractivity contribution < 1.29 is 9.50 Å². The van der Waals surface area contributed by atoms with Gasteiger partial charge < -0.3 is 15.3 Å². The lowest BCUT2D eigenvalue weighted by Crippen LogP contribution is -2.43. The van der Waals surface area contributed by atoms with E-state index in [9.17, 15) is 9.50 Å². The number of anilines is 1. The maximum absolute atomic E-state index is 14.7. The molecule has 2 aliphatic rings. The number of phenolic OH excluding ortho intramolecular Hbond substituents is 1. The zero-order valence-corrected chi connectivity index (χ0v) is 17.9. The number of fused-ring (bicyclic) bond motifs is 2. The van der Waals surface area contributed by atoms with Crippen molar-refractivity contribution in [2.24, 2.45) is 7.05 Å². The number of hydrogen-bond acceptors (Lipinski definition) is 6. The van der Waals surface area contributed by atoms with Gasteiger partial charge in [0.2, 0.25) is 0 Å². The SMILES string of the molecule is Cn1cc2cc(-c3ccc4nc(N5CC[C@@H](NC6CCC6)C5)ccc4n3)c(O)c(F)c2n1. The van der Waals surface area contributed by atoms with Crippen LogP contribution >= 0.6 is 0 Å². The van der Waals surface area contributed by atoms with E-state index in [0.717, 1.165) is 30.8 Å². The van der Waals surface area contributed by atoms with Gasteiger partial charge in [0.1, 0.15) is 11.3 Å². The molecule has 7 nitrogen and oxygen atoms in total. The number of nitrogens with one attached hydrogen (secondary N) is 1. The molecule has 32 heavy (non-hydrogen) atoms. The van der Waals surface area contributed by atoms with Crippen molar-refractivity contribution in [1.82, 2.24) is 25.1 Å². The lowest BCUT2D eigenvalue weighted by Gasteiger charge is -2.30. The Kier molecular flexibility index (Phi) is 4.50. The van der Waals surface area contributed by atoms with Crippen LogP contribution in [0.4, 0.5) is 10.2 Å². The Morgan fingerprint density at radius 3 is 2.69 bits per heavy atom. The number of aromatic nitrogens is 4. The van der Waals surface area contributed by atoms with Gasteiger partial charge >= 0.3 is 0 Å². The van der Waals surface area contributed by atoms with Crippen molar-refractivity contribution in [3.8, 4) is 17.0 Å². The summed E-state index contributed by atoms with van der Waals surface area (Å²) in [6.45, 7) is 1.96. The molecule has 164 valence electrons. The maximum Gasteiger partial charge on any atom is 0.193 e. The summed E-state index contributed by atoms with van der Waals surface area (Å²) in [6.07, 6.45) is 6.79. The number of rotatable bonds is 4. The summed E-state index contributed by atoms with van der Waals surface area (Å²) >= 11 is 0. The molecule has 6 rings (SSSR count). The van der Waals surface area contributed by atoms with E-state index < -0.39 is 11.6 Å². The largest absolute Gasteiger partial charge is 0.504 e. The molecule has 1 atom stereocenters. The number of pyridine rings is 2. The van der Waals surface area contributed by atoms with E-state index in [1.807, 2.05) is 18.2 Å². The van der Waals surface area contributed by atoms with Crippen LogP contribution in [-0.2, 0) is 7.05 Å². The molecule has 4 heterocycles.